The highest BCUT2D eigenvalue weighted by molar-refractivity contribution is 7.80. The van der Waals surface area contributed by atoms with Crippen LogP contribution in [0.1, 0.15) is 35.3 Å². The first-order valence-corrected chi connectivity index (χ1v) is 5.93. The zero-order valence-electron chi connectivity index (χ0n) is 10.1. The first-order valence-electron chi connectivity index (χ1n) is 5.52. The minimum Gasteiger partial charge on any atom is -0.375 e. The quantitative estimate of drug-likeness (QED) is 0.368. The van der Waals surface area contributed by atoms with Crippen molar-refractivity contribution in [1.82, 2.24) is 5.01 Å². The summed E-state index contributed by atoms with van der Waals surface area (Å²) < 4.78 is 0. The van der Waals surface area contributed by atoms with Gasteiger partial charge in [-0.05, 0) is 36.2 Å². The number of nitrogens with zero attached hydrogens (tertiary/aromatic N) is 1. The van der Waals surface area contributed by atoms with Gasteiger partial charge in [0, 0.05) is 5.56 Å². The molecule has 17 heavy (non-hydrogen) atoms. The molecule has 0 bridgehead atoms. The average molecular weight is 251 g/mol. The summed E-state index contributed by atoms with van der Waals surface area (Å²) in [4.78, 5) is 12.2. The maximum absolute atomic E-state index is 12.2. The molecular formula is C12H17N3OS. The molecule has 0 atom stereocenters. The molecule has 1 rings (SSSR count). The molecule has 0 radical (unpaired) electrons. The van der Waals surface area contributed by atoms with Crippen molar-refractivity contribution in [1.29, 1.82) is 0 Å². The van der Waals surface area contributed by atoms with Gasteiger partial charge in [0.1, 0.15) is 0 Å². The number of hydrogen-bond donors (Lipinski definition) is 2. The van der Waals surface area contributed by atoms with Gasteiger partial charge in [0.2, 0.25) is 0 Å². The summed E-state index contributed by atoms with van der Waals surface area (Å²) in [5.74, 6) is 5.22. The molecule has 0 aromatic heterocycles. The maximum Gasteiger partial charge on any atom is 0.274 e. The van der Waals surface area contributed by atoms with Crippen LogP contribution < -0.4 is 11.6 Å². The molecule has 92 valence electrons. The van der Waals surface area contributed by atoms with Crippen LogP contribution in [-0.4, -0.2) is 16.0 Å². The Balaban J connectivity index is 3.27. The van der Waals surface area contributed by atoms with Crippen molar-refractivity contribution < 1.29 is 4.79 Å². The van der Waals surface area contributed by atoms with Crippen molar-refractivity contribution in [2.45, 2.75) is 26.7 Å². The number of nitrogens with two attached hydrogens (primary N) is 2. The zero-order chi connectivity index (χ0) is 13.0. The van der Waals surface area contributed by atoms with Crippen LogP contribution in [-0.2, 0) is 12.8 Å². The van der Waals surface area contributed by atoms with Crippen molar-refractivity contribution in [3.63, 3.8) is 0 Å². The van der Waals surface area contributed by atoms with E-state index in [0.29, 0.717) is 5.56 Å². The molecule has 0 saturated carbocycles. The van der Waals surface area contributed by atoms with Crippen LogP contribution in [0.5, 0.6) is 0 Å². The fraction of sp³-hybridized carbons (Fsp3) is 0.333. The molecule has 1 amide bonds. The van der Waals surface area contributed by atoms with E-state index >= 15 is 0 Å². The predicted molar refractivity (Wildman–Crippen MR) is 72.3 cm³/mol. The van der Waals surface area contributed by atoms with Crippen LogP contribution >= 0.6 is 12.2 Å². The van der Waals surface area contributed by atoms with E-state index in [1.54, 1.807) is 0 Å². The van der Waals surface area contributed by atoms with E-state index in [4.69, 9.17) is 23.8 Å². The van der Waals surface area contributed by atoms with E-state index in [1.807, 2.05) is 32.0 Å². The van der Waals surface area contributed by atoms with Crippen LogP contribution in [0, 0.1) is 0 Å². The van der Waals surface area contributed by atoms with Gasteiger partial charge in [-0.15, -0.1) is 0 Å². The smallest absolute Gasteiger partial charge is 0.274 e. The molecule has 0 spiro atoms. The Kier molecular flexibility index (Phi) is 4.60. The fourth-order valence-corrected chi connectivity index (χ4v) is 1.82. The Morgan fingerprint density at radius 3 is 2.12 bits per heavy atom. The molecule has 1 aromatic rings. The summed E-state index contributed by atoms with van der Waals surface area (Å²) in [6.07, 6.45) is 1.53. The summed E-state index contributed by atoms with van der Waals surface area (Å²) in [5.41, 5.74) is 7.91. The second-order valence-corrected chi connectivity index (χ2v) is 4.09. The average Bonchev–Trinajstić information content (AvgIpc) is 2.35. The molecule has 0 aliphatic carbocycles. The summed E-state index contributed by atoms with van der Waals surface area (Å²) in [6, 6.07) is 5.77. The molecule has 5 heteroatoms. The topological polar surface area (TPSA) is 72.3 Å². The Hall–Kier alpha value is -1.46. The number of carbonyl (C=O) groups is 1. The Labute approximate surface area is 107 Å². The second kappa shape index (κ2) is 5.75. The van der Waals surface area contributed by atoms with Crippen LogP contribution in [0.4, 0.5) is 0 Å². The number of carbonyl (C=O) groups excluding carboxylic acids is 1. The molecule has 4 N–H and O–H groups in total. The van der Waals surface area contributed by atoms with Crippen molar-refractivity contribution in [2.24, 2.45) is 11.6 Å². The second-order valence-electron chi connectivity index (χ2n) is 3.67. The van der Waals surface area contributed by atoms with Crippen molar-refractivity contribution in [2.75, 3.05) is 0 Å². The lowest BCUT2D eigenvalue weighted by Gasteiger charge is -2.18. The SMILES string of the molecule is CCc1cccc(CC)c1C(=O)N(N)C(N)=S. The third-order valence-corrected chi connectivity index (χ3v) is 2.87. The highest BCUT2D eigenvalue weighted by Crippen LogP contribution is 2.18. The lowest BCUT2D eigenvalue weighted by atomic mass is 9.97. The van der Waals surface area contributed by atoms with Crippen LogP contribution in [0.2, 0.25) is 0 Å². The largest absolute Gasteiger partial charge is 0.375 e. The van der Waals surface area contributed by atoms with Gasteiger partial charge in [0.15, 0.2) is 5.11 Å². The third-order valence-electron chi connectivity index (χ3n) is 2.67. The van der Waals surface area contributed by atoms with E-state index in [0.717, 1.165) is 29.0 Å². The first-order chi connectivity index (χ1) is 8.02. The van der Waals surface area contributed by atoms with Gasteiger partial charge in [-0.3, -0.25) is 4.79 Å². The number of benzene rings is 1. The number of hydrogen-bond acceptors (Lipinski definition) is 3. The molecule has 0 heterocycles. The van der Waals surface area contributed by atoms with Crippen molar-refractivity contribution in [3.8, 4) is 0 Å². The molecule has 0 aliphatic heterocycles. The Morgan fingerprint density at radius 1 is 1.29 bits per heavy atom. The normalized spacial score (nSPS) is 10.1. The minimum absolute atomic E-state index is 0.122. The molecule has 0 aliphatic rings. The Bertz CT molecular complexity index is 423. The number of hydrazine groups is 1. The van der Waals surface area contributed by atoms with Crippen LogP contribution in [0.15, 0.2) is 18.2 Å². The standard InChI is InChI=1S/C12H17N3OS/c1-3-8-6-5-7-9(4-2)10(8)11(16)15(14)12(13)17/h5-7H,3-4,14H2,1-2H3,(H2,13,17). The van der Waals surface area contributed by atoms with Gasteiger partial charge in [-0.2, -0.15) is 0 Å². The van der Waals surface area contributed by atoms with E-state index in [2.05, 4.69) is 0 Å². The van der Waals surface area contributed by atoms with E-state index in [-0.39, 0.29) is 11.0 Å². The molecule has 1 aromatic carbocycles. The van der Waals surface area contributed by atoms with E-state index in [1.165, 1.54) is 0 Å². The lowest BCUT2D eigenvalue weighted by molar-refractivity contribution is 0.0846. The van der Waals surface area contributed by atoms with Crippen molar-refractivity contribution >= 4 is 23.2 Å². The molecular weight excluding hydrogens is 234 g/mol. The van der Waals surface area contributed by atoms with Gasteiger partial charge < -0.3 is 5.73 Å². The maximum atomic E-state index is 12.2. The summed E-state index contributed by atoms with van der Waals surface area (Å²) >= 11 is 4.71. The van der Waals surface area contributed by atoms with Gasteiger partial charge in [0.25, 0.3) is 5.91 Å². The van der Waals surface area contributed by atoms with Gasteiger partial charge in [-0.25, -0.2) is 10.9 Å². The van der Waals surface area contributed by atoms with Gasteiger partial charge >= 0.3 is 0 Å². The third kappa shape index (κ3) is 2.81. The van der Waals surface area contributed by atoms with Crippen molar-refractivity contribution in [3.05, 3.63) is 34.9 Å². The number of aryl methyl sites for hydroxylation is 2. The van der Waals surface area contributed by atoms with Crippen LogP contribution in [0.3, 0.4) is 0 Å². The first kappa shape index (κ1) is 13.6. The van der Waals surface area contributed by atoms with E-state index < -0.39 is 0 Å². The predicted octanol–water partition coefficient (Wildman–Crippen LogP) is 1.37. The van der Waals surface area contributed by atoms with E-state index in [9.17, 15) is 4.79 Å². The Morgan fingerprint density at radius 2 is 1.76 bits per heavy atom. The molecule has 0 saturated heterocycles. The monoisotopic (exact) mass is 251 g/mol. The molecule has 0 unspecified atom stereocenters. The number of rotatable bonds is 3. The number of thiocarbonyl (C=S) groups is 1. The molecule has 0 fully saturated rings. The highest BCUT2D eigenvalue weighted by atomic mass is 32.1. The summed E-state index contributed by atoms with van der Waals surface area (Å²) in [7, 11) is 0. The number of amides is 1. The highest BCUT2D eigenvalue weighted by Gasteiger charge is 2.20. The van der Waals surface area contributed by atoms with Crippen LogP contribution in [0.25, 0.3) is 0 Å². The molecule has 4 nitrogen and oxygen atoms in total. The van der Waals surface area contributed by atoms with Gasteiger partial charge in [0.05, 0.1) is 0 Å². The zero-order valence-corrected chi connectivity index (χ0v) is 10.9. The minimum atomic E-state index is -0.341. The fourth-order valence-electron chi connectivity index (χ4n) is 1.74. The summed E-state index contributed by atoms with van der Waals surface area (Å²) in [6.45, 7) is 3.99. The summed E-state index contributed by atoms with van der Waals surface area (Å²) in [5, 5.41) is 0.700. The van der Waals surface area contributed by atoms with Gasteiger partial charge in [-0.1, -0.05) is 32.0 Å². The lowest BCUT2D eigenvalue weighted by Crippen LogP contribution is -2.46.